The molecule has 4 heteroatoms. The molecule has 0 saturated carbocycles. The van der Waals surface area contributed by atoms with Gasteiger partial charge in [0.1, 0.15) is 11.7 Å². The van der Waals surface area contributed by atoms with Crippen LogP contribution in [0.4, 0.5) is 5.69 Å². The van der Waals surface area contributed by atoms with Crippen molar-refractivity contribution in [2.24, 2.45) is 0 Å². The minimum atomic E-state index is 0.269. The molecule has 3 aromatic rings. The van der Waals surface area contributed by atoms with E-state index in [2.05, 4.69) is 67.0 Å². The Kier molecular flexibility index (Phi) is 3.08. The number of nitrogens with zero attached hydrogens (tertiary/aromatic N) is 3. The minimum absolute atomic E-state index is 0.269. The van der Waals surface area contributed by atoms with Crippen LogP contribution in [-0.2, 0) is 0 Å². The predicted octanol–water partition coefficient (Wildman–Crippen LogP) is 4.64. The first kappa shape index (κ1) is 14.1. The van der Waals surface area contributed by atoms with E-state index < -0.39 is 0 Å². The van der Waals surface area contributed by atoms with Gasteiger partial charge in [-0.15, -0.1) is 0 Å². The van der Waals surface area contributed by atoms with Crippen LogP contribution in [0.25, 0.3) is 21.9 Å². The topological polar surface area (TPSA) is 32.5 Å². The molecule has 4 rings (SSSR count). The van der Waals surface area contributed by atoms with Crippen molar-refractivity contribution < 1.29 is 4.42 Å². The highest BCUT2D eigenvalue weighted by Gasteiger charge is 2.28. The Labute approximate surface area is 136 Å². The Morgan fingerprint density at radius 2 is 1.96 bits per heavy atom. The maximum absolute atomic E-state index is 6.19. The molecule has 3 heterocycles. The third kappa shape index (κ3) is 2.01. The maximum Gasteiger partial charge on any atom is 0.159 e. The van der Waals surface area contributed by atoms with Crippen molar-refractivity contribution in [2.45, 2.75) is 39.9 Å². The van der Waals surface area contributed by atoms with E-state index in [-0.39, 0.29) is 6.17 Å². The fraction of sp³-hybridized carbons (Fsp3) is 0.316. The second-order valence-corrected chi connectivity index (χ2v) is 6.46. The predicted molar refractivity (Wildman–Crippen MR) is 94.3 cm³/mol. The van der Waals surface area contributed by atoms with Gasteiger partial charge >= 0.3 is 0 Å². The average molecular weight is 307 g/mol. The lowest BCUT2D eigenvalue weighted by Gasteiger charge is -2.33. The summed E-state index contributed by atoms with van der Waals surface area (Å²) in [6.45, 7) is 8.79. The third-order valence-corrected chi connectivity index (χ3v) is 4.70. The number of rotatable bonds is 2. The summed E-state index contributed by atoms with van der Waals surface area (Å²) >= 11 is 0. The number of pyridine rings is 1. The third-order valence-electron chi connectivity index (χ3n) is 4.70. The van der Waals surface area contributed by atoms with Crippen molar-refractivity contribution in [2.75, 3.05) is 4.90 Å². The second kappa shape index (κ2) is 5.01. The molecule has 0 spiro atoms. The van der Waals surface area contributed by atoms with Crippen molar-refractivity contribution in [3.8, 4) is 0 Å². The molecule has 1 atom stereocenters. The van der Waals surface area contributed by atoms with Crippen LogP contribution in [0, 0.1) is 6.92 Å². The van der Waals surface area contributed by atoms with Crippen LogP contribution >= 0.6 is 0 Å². The normalized spacial score (nSPS) is 18.0. The fourth-order valence-electron chi connectivity index (χ4n) is 3.50. The second-order valence-electron chi connectivity index (χ2n) is 6.46. The van der Waals surface area contributed by atoms with Crippen molar-refractivity contribution >= 4 is 27.6 Å². The van der Waals surface area contributed by atoms with Crippen LogP contribution < -0.4 is 4.90 Å². The van der Waals surface area contributed by atoms with Crippen molar-refractivity contribution in [1.82, 2.24) is 9.88 Å². The molecule has 118 valence electrons. The molecule has 1 aliphatic rings. The van der Waals surface area contributed by atoms with E-state index >= 15 is 0 Å². The van der Waals surface area contributed by atoms with Gasteiger partial charge in [-0.05, 0) is 39.3 Å². The lowest BCUT2D eigenvalue weighted by Crippen LogP contribution is -2.39. The molecule has 23 heavy (non-hydrogen) atoms. The summed E-state index contributed by atoms with van der Waals surface area (Å²) in [6, 6.07) is 6.69. The van der Waals surface area contributed by atoms with Crippen molar-refractivity contribution in [3.05, 3.63) is 48.6 Å². The first-order chi connectivity index (χ1) is 11.1. The zero-order valence-electron chi connectivity index (χ0n) is 13.9. The Bertz CT molecular complexity index is 910. The summed E-state index contributed by atoms with van der Waals surface area (Å²) in [4.78, 5) is 8.89. The molecule has 2 aromatic heterocycles. The molecule has 0 saturated heterocycles. The molecular formula is C19H21N3O. The first-order valence-electron chi connectivity index (χ1n) is 8.08. The summed E-state index contributed by atoms with van der Waals surface area (Å²) < 4.78 is 6.19. The van der Waals surface area contributed by atoms with E-state index in [0.29, 0.717) is 6.04 Å². The van der Waals surface area contributed by atoms with Gasteiger partial charge < -0.3 is 14.2 Å². The quantitative estimate of drug-likeness (QED) is 0.690. The summed E-state index contributed by atoms with van der Waals surface area (Å²) in [7, 11) is 0. The van der Waals surface area contributed by atoms with Gasteiger partial charge in [0.05, 0.1) is 5.69 Å². The van der Waals surface area contributed by atoms with E-state index in [0.717, 1.165) is 27.6 Å². The van der Waals surface area contributed by atoms with E-state index in [1.807, 2.05) is 12.3 Å². The fourth-order valence-corrected chi connectivity index (χ4v) is 3.50. The standard InChI is InChI=1S/C19H21N3O/c1-12(2)21-9-10-22(14(21)4)18-13(3)5-6-15-16-11-20-8-7-17(16)23-19(15)18/h5-12,14H,1-4H3/t14-/m0/s1. The van der Waals surface area contributed by atoms with E-state index in [1.165, 1.54) is 5.56 Å². The Balaban J connectivity index is 1.93. The molecule has 0 N–H and O–H groups in total. The molecule has 0 radical (unpaired) electrons. The SMILES string of the molecule is Cc1ccc2c(oc3ccncc32)c1N1C=CN(C(C)C)[C@@H]1C. The number of aryl methyl sites for hydroxylation is 1. The number of hydrogen-bond acceptors (Lipinski definition) is 4. The minimum Gasteiger partial charge on any atom is -0.454 e. The number of anilines is 1. The lowest BCUT2D eigenvalue weighted by atomic mass is 10.1. The Morgan fingerprint density at radius 1 is 1.13 bits per heavy atom. The van der Waals surface area contributed by atoms with Gasteiger partial charge in [0.2, 0.25) is 0 Å². The number of furan rings is 1. The van der Waals surface area contributed by atoms with Gasteiger partial charge in [-0.2, -0.15) is 0 Å². The number of benzene rings is 1. The van der Waals surface area contributed by atoms with Crippen LogP contribution in [0.2, 0.25) is 0 Å². The molecule has 0 aliphatic carbocycles. The largest absolute Gasteiger partial charge is 0.454 e. The monoisotopic (exact) mass is 307 g/mol. The molecule has 0 unspecified atom stereocenters. The molecule has 0 bridgehead atoms. The van der Waals surface area contributed by atoms with Gasteiger partial charge in [0.15, 0.2) is 5.58 Å². The zero-order chi connectivity index (χ0) is 16.1. The van der Waals surface area contributed by atoms with Gasteiger partial charge in [-0.3, -0.25) is 4.98 Å². The number of aromatic nitrogens is 1. The van der Waals surface area contributed by atoms with E-state index in [9.17, 15) is 0 Å². The van der Waals surface area contributed by atoms with Crippen LogP contribution in [0.3, 0.4) is 0 Å². The van der Waals surface area contributed by atoms with Crippen LogP contribution in [0.5, 0.6) is 0 Å². The van der Waals surface area contributed by atoms with Crippen molar-refractivity contribution in [1.29, 1.82) is 0 Å². The highest BCUT2D eigenvalue weighted by atomic mass is 16.3. The Morgan fingerprint density at radius 3 is 2.70 bits per heavy atom. The first-order valence-corrected chi connectivity index (χ1v) is 8.08. The zero-order valence-corrected chi connectivity index (χ0v) is 13.9. The van der Waals surface area contributed by atoms with E-state index in [4.69, 9.17) is 4.42 Å². The van der Waals surface area contributed by atoms with Crippen LogP contribution in [-0.4, -0.2) is 22.1 Å². The summed E-state index contributed by atoms with van der Waals surface area (Å²) in [5.41, 5.74) is 4.19. The molecular weight excluding hydrogens is 286 g/mol. The van der Waals surface area contributed by atoms with Gasteiger partial charge in [0, 0.05) is 41.6 Å². The summed E-state index contributed by atoms with van der Waals surface area (Å²) in [6.07, 6.45) is 8.24. The van der Waals surface area contributed by atoms with Gasteiger partial charge in [-0.1, -0.05) is 12.1 Å². The maximum atomic E-state index is 6.19. The smallest absolute Gasteiger partial charge is 0.159 e. The van der Waals surface area contributed by atoms with E-state index in [1.54, 1.807) is 6.20 Å². The highest BCUT2D eigenvalue weighted by Crippen LogP contribution is 2.39. The highest BCUT2D eigenvalue weighted by molar-refractivity contribution is 6.09. The van der Waals surface area contributed by atoms with Gasteiger partial charge in [-0.25, -0.2) is 0 Å². The molecule has 0 amide bonds. The van der Waals surface area contributed by atoms with Crippen LogP contribution in [0.1, 0.15) is 26.3 Å². The molecule has 0 fully saturated rings. The van der Waals surface area contributed by atoms with Crippen molar-refractivity contribution in [3.63, 3.8) is 0 Å². The van der Waals surface area contributed by atoms with Gasteiger partial charge in [0.25, 0.3) is 0 Å². The number of fused-ring (bicyclic) bond motifs is 3. The lowest BCUT2D eigenvalue weighted by molar-refractivity contribution is 0.263. The summed E-state index contributed by atoms with van der Waals surface area (Å²) in [5, 5.41) is 2.19. The number of hydrogen-bond donors (Lipinski definition) is 0. The molecule has 1 aromatic carbocycles. The average Bonchev–Trinajstić information content (AvgIpc) is 3.08. The summed E-state index contributed by atoms with van der Waals surface area (Å²) in [5.74, 6) is 0. The molecule has 1 aliphatic heterocycles. The Hall–Kier alpha value is -2.49. The van der Waals surface area contributed by atoms with Crippen LogP contribution in [0.15, 0.2) is 47.4 Å². The molecule has 4 nitrogen and oxygen atoms in total.